The van der Waals surface area contributed by atoms with E-state index in [1.165, 1.54) is 19.4 Å². The van der Waals surface area contributed by atoms with Crippen molar-refractivity contribution >= 4 is 5.78 Å². The molecular weight excluding hydrogens is 267 g/mol. The van der Waals surface area contributed by atoms with E-state index in [4.69, 9.17) is 4.74 Å². The van der Waals surface area contributed by atoms with Gasteiger partial charge in [0.05, 0.1) is 5.56 Å². The molecule has 3 heteroatoms. The molecule has 21 heavy (non-hydrogen) atoms. The lowest BCUT2D eigenvalue weighted by Gasteiger charge is -2.37. The van der Waals surface area contributed by atoms with Crippen molar-refractivity contribution in [3.05, 3.63) is 29.6 Å². The minimum atomic E-state index is -0.495. The van der Waals surface area contributed by atoms with Crippen LogP contribution in [-0.2, 0) is 0 Å². The van der Waals surface area contributed by atoms with Crippen LogP contribution in [0, 0.1) is 23.6 Å². The Balaban J connectivity index is 2.27. The van der Waals surface area contributed by atoms with Gasteiger partial charge in [-0.3, -0.25) is 4.79 Å². The second-order valence-electron chi connectivity index (χ2n) is 6.65. The summed E-state index contributed by atoms with van der Waals surface area (Å²) in [5, 5.41) is 0. The van der Waals surface area contributed by atoms with E-state index in [-0.39, 0.29) is 17.5 Å². The van der Waals surface area contributed by atoms with Gasteiger partial charge in [-0.1, -0.05) is 33.3 Å². The number of carbonyl (C=O) groups excluding carboxylic acids is 1. The highest BCUT2D eigenvalue weighted by Gasteiger charge is 2.33. The minimum absolute atomic E-state index is 0.0636. The number of hydrogen-bond acceptors (Lipinski definition) is 2. The van der Waals surface area contributed by atoms with Gasteiger partial charge in [-0.2, -0.15) is 0 Å². The first-order valence-corrected chi connectivity index (χ1v) is 7.86. The van der Waals surface area contributed by atoms with Gasteiger partial charge in [-0.25, -0.2) is 4.39 Å². The molecule has 0 aliphatic heterocycles. The Morgan fingerprint density at radius 3 is 2.67 bits per heavy atom. The maximum Gasteiger partial charge on any atom is 0.166 e. The van der Waals surface area contributed by atoms with E-state index in [0.717, 1.165) is 12.8 Å². The highest BCUT2D eigenvalue weighted by Crippen LogP contribution is 2.37. The van der Waals surface area contributed by atoms with Crippen LogP contribution < -0.4 is 4.74 Å². The van der Waals surface area contributed by atoms with E-state index in [9.17, 15) is 9.18 Å². The fourth-order valence-corrected chi connectivity index (χ4v) is 3.36. The van der Waals surface area contributed by atoms with Gasteiger partial charge < -0.3 is 4.74 Å². The fraction of sp³-hybridized carbons (Fsp3) is 0.611. The fourth-order valence-electron chi connectivity index (χ4n) is 3.36. The van der Waals surface area contributed by atoms with Crippen LogP contribution in [0.1, 0.15) is 57.3 Å². The van der Waals surface area contributed by atoms with E-state index < -0.39 is 5.82 Å². The lowest BCUT2D eigenvalue weighted by atomic mass is 9.75. The summed E-state index contributed by atoms with van der Waals surface area (Å²) in [6.07, 6.45) is 3.38. The number of halogens is 1. The molecule has 3 unspecified atom stereocenters. The molecule has 2 rings (SSSR count). The van der Waals surface area contributed by atoms with Crippen molar-refractivity contribution in [2.24, 2.45) is 17.8 Å². The van der Waals surface area contributed by atoms with Crippen molar-refractivity contribution in [3.8, 4) is 5.75 Å². The SMILES string of the molecule is CC(=O)c1c(F)cccc1OC1CC(C)CCC1C(C)C. The molecule has 0 N–H and O–H groups in total. The third kappa shape index (κ3) is 3.63. The summed E-state index contributed by atoms with van der Waals surface area (Å²) in [4.78, 5) is 11.7. The van der Waals surface area contributed by atoms with Crippen molar-refractivity contribution < 1.29 is 13.9 Å². The van der Waals surface area contributed by atoms with E-state index >= 15 is 0 Å². The zero-order valence-electron chi connectivity index (χ0n) is 13.4. The van der Waals surface area contributed by atoms with Crippen LogP contribution in [0.25, 0.3) is 0 Å². The van der Waals surface area contributed by atoms with Crippen molar-refractivity contribution in [2.75, 3.05) is 0 Å². The van der Waals surface area contributed by atoms with E-state index in [1.54, 1.807) is 12.1 Å². The van der Waals surface area contributed by atoms with Gasteiger partial charge in [0.2, 0.25) is 0 Å². The van der Waals surface area contributed by atoms with Crippen molar-refractivity contribution in [2.45, 2.75) is 53.1 Å². The minimum Gasteiger partial charge on any atom is -0.489 e. The molecule has 3 atom stereocenters. The Morgan fingerprint density at radius 1 is 1.33 bits per heavy atom. The Morgan fingerprint density at radius 2 is 2.05 bits per heavy atom. The second kappa shape index (κ2) is 6.59. The van der Waals surface area contributed by atoms with E-state index in [1.807, 2.05) is 0 Å². The quantitative estimate of drug-likeness (QED) is 0.740. The van der Waals surface area contributed by atoms with Gasteiger partial charge in [0.25, 0.3) is 0 Å². The summed E-state index contributed by atoms with van der Waals surface area (Å²) >= 11 is 0. The predicted octanol–water partition coefficient (Wildman–Crippen LogP) is 4.87. The Kier molecular flexibility index (Phi) is 5.02. The third-order valence-corrected chi connectivity index (χ3v) is 4.57. The highest BCUT2D eigenvalue weighted by molar-refractivity contribution is 5.97. The van der Waals surface area contributed by atoms with Gasteiger partial charge in [0, 0.05) is 0 Å². The first-order chi connectivity index (χ1) is 9.90. The smallest absolute Gasteiger partial charge is 0.166 e. The Bertz CT molecular complexity index is 510. The molecule has 0 saturated heterocycles. The Labute approximate surface area is 126 Å². The lowest BCUT2D eigenvalue weighted by molar-refractivity contribution is 0.0449. The van der Waals surface area contributed by atoms with Crippen LogP contribution in [0.15, 0.2) is 18.2 Å². The Hall–Kier alpha value is -1.38. The number of ketones is 1. The zero-order valence-corrected chi connectivity index (χ0v) is 13.4. The summed E-state index contributed by atoms with van der Waals surface area (Å²) in [7, 11) is 0. The lowest BCUT2D eigenvalue weighted by Crippen LogP contribution is -2.36. The predicted molar refractivity (Wildman–Crippen MR) is 82.2 cm³/mol. The maximum atomic E-state index is 13.9. The van der Waals surface area contributed by atoms with Crippen LogP contribution >= 0.6 is 0 Å². The summed E-state index contributed by atoms with van der Waals surface area (Å²) in [6.45, 7) is 8.02. The normalized spacial score (nSPS) is 25.9. The summed E-state index contributed by atoms with van der Waals surface area (Å²) in [6, 6.07) is 4.62. The van der Waals surface area contributed by atoms with E-state index in [0.29, 0.717) is 23.5 Å². The van der Waals surface area contributed by atoms with Gasteiger partial charge >= 0.3 is 0 Å². The number of carbonyl (C=O) groups is 1. The van der Waals surface area contributed by atoms with Crippen LogP contribution in [-0.4, -0.2) is 11.9 Å². The molecule has 0 aromatic heterocycles. The highest BCUT2D eigenvalue weighted by atomic mass is 19.1. The summed E-state index contributed by atoms with van der Waals surface area (Å²) < 4.78 is 20.0. The summed E-state index contributed by atoms with van der Waals surface area (Å²) in [5.41, 5.74) is 0.0817. The van der Waals surface area contributed by atoms with Gasteiger partial charge in [0.15, 0.2) is 5.78 Å². The maximum absolute atomic E-state index is 13.9. The number of hydrogen-bond donors (Lipinski definition) is 0. The molecule has 0 amide bonds. The molecular formula is C18H25FO2. The number of rotatable bonds is 4. The average Bonchev–Trinajstić information content (AvgIpc) is 2.37. The van der Waals surface area contributed by atoms with Crippen molar-refractivity contribution in [3.63, 3.8) is 0 Å². The van der Waals surface area contributed by atoms with Crippen LogP contribution in [0.3, 0.4) is 0 Å². The molecule has 0 heterocycles. The monoisotopic (exact) mass is 292 g/mol. The van der Waals surface area contributed by atoms with Gasteiger partial charge in [0.1, 0.15) is 17.7 Å². The zero-order chi connectivity index (χ0) is 15.6. The summed E-state index contributed by atoms with van der Waals surface area (Å²) in [5.74, 6) is 1.21. The molecule has 116 valence electrons. The molecule has 1 aliphatic rings. The molecule has 1 fully saturated rings. The largest absolute Gasteiger partial charge is 0.489 e. The van der Waals surface area contributed by atoms with Crippen molar-refractivity contribution in [1.82, 2.24) is 0 Å². The molecule has 1 aromatic rings. The van der Waals surface area contributed by atoms with Crippen molar-refractivity contribution in [1.29, 1.82) is 0 Å². The third-order valence-electron chi connectivity index (χ3n) is 4.57. The molecule has 0 spiro atoms. The standard InChI is InChI=1S/C18H25FO2/c1-11(2)14-9-8-12(3)10-17(14)21-16-7-5-6-15(19)18(16)13(4)20/h5-7,11-12,14,17H,8-10H2,1-4H3. The topological polar surface area (TPSA) is 26.3 Å². The van der Waals surface area contributed by atoms with Crippen LogP contribution in [0.4, 0.5) is 4.39 Å². The molecule has 0 radical (unpaired) electrons. The molecule has 1 saturated carbocycles. The molecule has 2 nitrogen and oxygen atoms in total. The first-order valence-electron chi connectivity index (χ1n) is 7.86. The molecule has 0 bridgehead atoms. The first kappa shape index (κ1) is 16.0. The average molecular weight is 292 g/mol. The van der Waals surface area contributed by atoms with Crippen LogP contribution in [0.2, 0.25) is 0 Å². The molecule has 1 aliphatic carbocycles. The van der Waals surface area contributed by atoms with Gasteiger partial charge in [-0.05, 0) is 49.7 Å². The number of ether oxygens (including phenoxy) is 1. The number of benzene rings is 1. The van der Waals surface area contributed by atoms with E-state index in [2.05, 4.69) is 20.8 Å². The number of Topliss-reactive ketones (excluding diaryl/α,β-unsaturated/α-hetero) is 1. The van der Waals surface area contributed by atoms with Gasteiger partial charge in [-0.15, -0.1) is 0 Å². The molecule has 1 aromatic carbocycles. The van der Waals surface area contributed by atoms with Crippen LogP contribution in [0.5, 0.6) is 5.75 Å². The second-order valence-corrected chi connectivity index (χ2v) is 6.65.